The number of rotatable bonds is 5. The highest BCUT2D eigenvalue weighted by molar-refractivity contribution is 5.22. The van der Waals surface area contributed by atoms with Crippen molar-refractivity contribution in [3.63, 3.8) is 0 Å². The van der Waals surface area contributed by atoms with Crippen LogP contribution in [0, 0.1) is 5.82 Å². The molecule has 0 aliphatic heterocycles. The fourth-order valence-corrected chi connectivity index (χ4v) is 1.05. The van der Waals surface area contributed by atoms with Gasteiger partial charge in [0, 0.05) is 6.07 Å². The second-order valence-electron chi connectivity index (χ2n) is 3.03. The molecule has 0 saturated heterocycles. The predicted molar refractivity (Wildman–Crippen MR) is 55.9 cm³/mol. The van der Waals surface area contributed by atoms with Crippen molar-refractivity contribution in [1.82, 2.24) is 0 Å². The molecule has 1 aromatic carbocycles. The summed E-state index contributed by atoms with van der Waals surface area (Å²) in [5, 5.41) is 0. The maximum absolute atomic E-state index is 12.7. The maximum atomic E-state index is 12.7. The van der Waals surface area contributed by atoms with Gasteiger partial charge in [0.05, 0.1) is 0 Å². The van der Waals surface area contributed by atoms with Gasteiger partial charge in [-0.1, -0.05) is 31.6 Å². The van der Waals surface area contributed by atoms with Gasteiger partial charge in [-0.15, -0.1) is 0 Å². The quantitative estimate of drug-likeness (QED) is 0.651. The molecule has 14 heavy (non-hydrogen) atoms. The zero-order valence-corrected chi connectivity index (χ0v) is 8.37. The van der Waals surface area contributed by atoms with Crippen LogP contribution in [-0.4, -0.2) is 6.61 Å². The SMILES string of the molecule is CCCC=CCOc1cccc(F)c1. The van der Waals surface area contributed by atoms with Crippen molar-refractivity contribution in [2.75, 3.05) is 6.61 Å². The molecule has 0 bridgehead atoms. The Bertz CT molecular complexity index is 294. The van der Waals surface area contributed by atoms with Gasteiger partial charge in [-0.3, -0.25) is 0 Å². The van der Waals surface area contributed by atoms with E-state index in [1.54, 1.807) is 12.1 Å². The molecule has 0 fully saturated rings. The van der Waals surface area contributed by atoms with E-state index in [1.165, 1.54) is 12.1 Å². The first-order valence-corrected chi connectivity index (χ1v) is 4.86. The van der Waals surface area contributed by atoms with Crippen LogP contribution in [0.4, 0.5) is 4.39 Å². The maximum Gasteiger partial charge on any atom is 0.126 e. The molecular formula is C12H15FO. The van der Waals surface area contributed by atoms with Gasteiger partial charge in [-0.25, -0.2) is 4.39 Å². The van der Waals surface area contributed by atoms with Crippen LogP contribution in [0.3, 0.4) is 0 Å². The summed E-state index contributed by atoms with van der Waals surface area (Å²) in [6.45, 7) is 2.63. The van der Waals surface area contributed by atoms with Crippen molar-refractivity contribution in [1.29, 1.82) is 0 Å². The second kappa shape index (κ2) is 6.19. The Balaban J connectivity index is 2.31. The van der Waals surface area contributed by atoms with E-state index in [4.69, 9.17) is 4.74 Å². The normalized spacial score (nSPS) is 10.7. The monoisotopic (exact) mass is 194 g/mol. The summed E-state index contributed by atoms with van der Waals surface area (Å²) in [5.41, 5.74) is 0. The largest absolute Gasteiger partial charge is 0.489 e. The van der Waals surface area contributed by atoms with Crippen LogP contribution in [0.1, 0.15) is 19.8 Å². The first-order valence-electron chi connectivity index (χ1n) is 4.86. The van der Waals surface area contributed by atoms with Crippen LogP contribution in [0.25, 0.3) is 0 Å². The Morgan fingerprint density at radius 2 is 2.21 bits per heavy atom. The summed E-state index contributed by atoms with van der Waals surface area (Å²) in [7, 11) is 0. The fourth-order valence-electron chi connectivity index (χ4n) is 1.05. The first kappa shape index (κ1) is 10.8. The van der Waals surface area contributed by atoms with Gasteiger partial charge in [0.2, 0.25) is 0 Å². The van der Waals surface area contributed by atoms with Gasteiger partial charge in [0.25, 0.3) is 0 Å². The third kappa shape index (κ3) is 4.08. The average Bonchev–Trinajstić information content (AvgIpc) is 2.18. The van der Waals surface area contributed by atoms with Crippen LogP contribution in [0.15, 0.2) is 36.4 Å². The lowest BCUT2D eigenvalue weighted by Gasteiger charge is -2.01. The molecule has 0 spiro atoms. The minimum atomic E-state index is -0.264. The van der Waals surface area contributed by atoms with Gasteiger partial charge in [-0.2, -0.15) is 0 Å². The third-order valence-electron chi connectivity index (χ3n) is 1.76. The fraction of sp³-hybridized carbons (Fsp3) is 0.333. The lowest BCUT2D eigenvalue weighted by Crippen LogP contribution is -1.93. The molecule has 0 aliphatic rings. The van der Waals surface area contributed by atoms with Gasteiger partial charge in [-0.05, 0) is 18.6 Å². The molecule has 1 nitrogen and oxygen atoms in total. The number of benzene rings is 1. The second-order valence-corrected chi connectivity index (χ2v) is 3.03. The Morgan fingerprint density at radius 3 is 2.93 bits per heavy atom. The molecule has 0 amide bonds. The number of hydrogen-bond acceptors (Lipinski definition) is 1. The number of ether oxygens (including phenoxy) is 1. The Kier molecular flexibility index (Phi) is 4.76. The van der Waals surface area contributed by atoms with Crippen LogP contribution in [-0.2, 0) is 0 Å². The molecule has 0 atom stereocenters. The molecule has 2 heteroatoms. The molecule has 1 aromatic rings. The summed E-state index contributed by atoms with van der Waals surface area (Å²) >= 11 is 0. The van der Waals surface area contributed by atoms with E-state index in [0.29, 0.717) is 12.4 Å². The Labute approximate surface area is 84.2 Å². The van der Waals surface area contributed by atoms with Crippen molar-refractivity contribution in [3.8, 4) is 5.75 Å². The Morgan fingerprint density at radius 1 is 1.36 bits per heavy atom. The zero-order valence-electron chi connectivity index (χ0n) is 8.37. The molecule has 0 aliphatic carbocycles. The van der Waals surface area contributed by atoms with Crippen molar-refractivity contribution in [2.24, 2.45) is 0 Å². The minimum absolute atomic E-state index is 0.264. The van der Waals surface area contributed by atoms with E-state index >= 15 is 0 Å². The summed E-state index contributed by atoms with van der Waals surface area (Å²) in [6.07, 6.45) is 6.22. The summed E-state index contributed by atoms with van der Waals surface area (Å²) in [4.78, 5) is 0. The highest BCUT2D eigenvalue weighted by Gasteiger charge is 1.93. The van der Waals surface area contributed by atoms with Crippen LogP contribution in [0.5, 0.6) is 5.75 Å². The molecule has 0 aromatic heterocycles. The summed E-state index contributed by atoms with van der Waals surface area (Å²) in [6, 6.07) is 6.17. The van der Waals surface area contributed by atoms with Crippen molar-refractivity contribution >= 4 is 0 Å². The van der Waals surface area contributed by atoms with E-state index < -0.39 is 0 Å². The highest BCUT2D eigenvalue weighted by Crippen LogP contribution is 2.11. The van der Waals surface area contributed by atoms with E-state index in [2.05, 4.69) is 13.0 Å². The van der Waals surface area contributed by atoms with Gasteiger partial charge in [0.15, 0.2) is 0 Å². The Hall–Kier alpha value is -1.31. The molecule has 0 radical (unpaired) electrons. The molecule has 1 rings (SSSR count). The van der Waals surface area contributed by atoms with E-state index in [1.807, 2.05) is 6.08 Å². The van der Waals surface area contributed by atoms with Crippen molar-refractivity contribution in [2.45, 2.75) is 19.8 Å². The van der Waals surface area contributed by atoms with E-state index in [0.717, 1.165) is 12.8 Å². The van der Waals surface area contributed by atoms with Gasteiger partial charge < -0.3 is 4.74 Å². The van der Waals surface area contributed by atoms with Crippen LogP contribution >= 0.6 is 0 Å². The molecule has 0 heterocycles. The zero-order chi connectivity index (χ0) is 10.2. The number of halogens is 1. The molecule has 0 unspecified atom stereocenters. The van der Waals surface area contributed by atoms with E-state index in [-0.39, 0.29) is 5.82 Å². The van der Waals surface area contributed by atoms with Crippen molar-refractivity contribution < 1.29 is 9.13 Å². The van der Waals surface area contributed by atoms with E-state index in [9.17, 15) is 4.39 Å². The van der Waals surface area contributed by atoms with Crippen LogP contribution in [0.2, 0.25) is 0 Å². The smallest absolute Gasteiger partial charge is 0.126 e. The first-order chi connectivity index (χ1) is 6.83. The lowest BCUT2D eigenvalue weighted by molar-refractivity contribution is 0.360. The topological polar surface area (TPSA) is 9.23 Å². The summed E-state index contributed by atoms with van der Waals surface area (Å²) < 4.78 is 18.0. The van der Waals surface area contributed by atoms with Gasteiger partial charge >= 0.3 is 0 Å². The standard InChI is InChI=1S/C12H15FO/c1-2-3-4-5-9-14-12-8-6-7-11(13)10-12/h4-8,10H,2-3,9H2,1H3. The molecule has 0 saturated carbocycles. The minimum Gasteiger partial charge on any atom is -0.489 e. The number of hydrogen-bond donors (Lipinski definition) is 0. The highest BCUT2D eigenvalue weighted by atomic mass is 19.1. The third-order valence-corrected chi connectivity index (χ3v) is 1.76. The number of allylic oxidation sites excluding steroid dienone is 1. The lowest BCUT2D eigenvalue weighted by atomic mass is 10.3. The van der Waals surface area contributed by atoms with Crippen molar-refractivity contribution in [3.05, 3.63) is 42.2 Å². The predicted octanol–water partition coefficient (Wildman–Crippen LogP) is 3.56. The molecular weight excluding hydrogens is 179 g/mol. The summed E-state index contributed by atoms with van der Waals surface area (Å²) in [5.74, 6) is 0.311. The average molecular weight is 194 g/mol. The molecule has 0 N–H and O–H groups in total. The van der Waals surface area contributed by atoms with Gasteiger partial charge in [0.1, 0.15) is 18.2 Å². The van der Waals surface area contributed by atoms with Crippen LogP contribution < -0.4 is 4.74 Å². The number of unbranched alkanes of at least 4 members (excludes halogenated alkanes) is 1. The molecule has 76 valence electrons.